The van der Waals surface area contributed by atoms with Crippen LogP contribution < -0.4 is 4.74 Å². The van der Waals surface area contributed by atoms with Crippen LogP contribution in [0.25, 0.3) is 0 Å². The minimum Gasteiger partial charge on any atom is -0.473 e. The first-order valence-corrected chi connectivity index (χ1v) is 6.08. The molecule has 4 heteroatoms. The van der Waals surface area contributed by atoms with E-state index in [-0.39, 0.29) is 0 Å². The van der Waals surface area contributed by atoms with Crippen molar-refractivity contribution in [3.05, 3.63) is 58.7 Å². The second kappa shape index (κ2) is 5.89. The van der Waals surface area contributed by atoms with Crippen LogP contribution in [0.3, 0.4) is 0 Å². The quantitative estimate of drug-likeness (QED) is 0.780. The number of benzene rings is 1. The van der Waals surface area contributed by atoms with E-state index in [1.807, 2.05) is 30.3 Å². The lowest BCUT2D eigenvalue weighted by Crippen LogP contribution is -1.98. The van der Waals surface area contributed by atoms with Crippen molar-refractivity contribution in [2.45, 2.75) is 12.5 Å². The zero-order valence-electron chi connectivity index (χ0n) is 9.07. The van der Waals surface area contributed by atoms with Gasteiger partial charge in [0.05, 0.1) is 11.6 Å². The summed E-state index contributed by atoms with van der Waals surface area (Å²) in [6.45, 7) is 0.468. The van der Waals surface area contributed by atoms with Gasteiger partial charge < -0.3 is 4.74 Å². The first-order valence-electron chi connectivity index (χ1n) is 5.17. The molecule has 1 aromatic heterocycles. The Morgan fingerprint density at radius 3 is 2.59 bits per heavy atom. The summed E-state index contributed by atoms with van der Waals surface area (Å²) in [6, 6.07) is 13.3. The van der Waals surface area contributed by atoms with Gasteiger partial charge in [0.2, 0.25) is 5.88 Å². The van der Waals surface area contributed by atoms with Crippen molar-refractivity contribution in [1.82, 2.24) is 4.98 Å². The molecule has 0 spiro atoms. The van der Waals surface area contributed by atoms with Gasteiger partial charge in [-0.05, 0) is 11.6 Å². The van der Waals surface area contributed by atoms with Crippen LogP contribution in [-0.2, 0) is 12.5 Å². The average molecular weight is 268 g/mol. The molecule has 88 valence electrons. The molecule has 0 N–H and O–H groups in total. The van der Waals surface area contributed by atoms with Gasteiger partial charge in [-0.2, -0.15) is 0 Å². The lowest BCUT2D eigenvalue weighted by Gasteiger charge is -2.07. The van der Waals surface area contributed by atoms with E-state index in [0.717, 1.165) is 5.56 Å². The van der Waals surface area contributed by atoms with Crippen molar-refractivity contribution in [3.8, 4) is 5.88 Å². The number of aromatic nitrogens is 1. The number of rotatable bonds is 4. The van der Waals surface area contributed by atoms with Gasteiger partial charge in [-0.1, -0.05) is 41.9 Å². The average Bonchev–Trinajstić information content (AvgIpc) is 2.37. The van der Waals surface area contributed by atoms with Gasteiger partial charge in [-0.15, -0.1) is 11.6 Å². The summed E-state index contributed by atoms with van der Waals surface area (Å²) in [5.74, 6) is 0.819. The molecular formula is C13H11Cl2NO. The molecule has 0 unspecified atom stereocenters. The van der Waals surface area contributed by atoms with Gasteiger partial charge in [-0.3, -0.25) is 0 Å². The molecule has 0 saturated carbocycles. The highest BCUT2D eigenvalue weighted by Gasteiger charge is 2.02. The second-order valence-corrected chi connectivity index (χ2v) is 4.23. The van der Waals surface area contributed by atoms with Gasteiger partial charge in [0.1, 0.15) is 6.61 Å². The third-order valence-electron chi connectivity index (χ3n) is 2.19. The molecule has 2 nitrogen and oxygen atoms in total. The Kier molecular flexibility index (Phi) is 4.24. The minimum atomic E-state index is 0.322. The lowest BCUT2D eigenvalue weighted by atomic mass is 10.2. The smallest absolute Gasteiger partial charge is 0.215 e. The SMILES string of the molecule is ClCc1cc(Cl)cc(OCc2ccccc2)n1. The molecular weight excluding hydrogens is 257 g/mol. The summed E-state index contributed by atoms with van der Waals surface area (Å²) in [6.07, 6.45) is 0. The van der Waals surface area contributed by atoms with Gasteiger partial charge in [0, 0.05) is 11.1 Å². The summed E-state index contributed by atoms with van der Waals surface area (Å²) < 4.78 is 5.56. The molecule has 0 amide bonds. The standard InChI is InChI=1S/C13H11Cl2NO/c14-8-12-6-11(15)7-13(16-12)17-9-10-4-2-1-3-5-10/h1-7H,8-9H2. The molecule has 0 aliphatic carbocycles. The van der Waals surface area contributed by atoms with Crippen LogP contribution in [0.5, 0.6) is 5.88 Å². The topological polar surface area (TPSA) is 22.1 Å². The maximum Gasteiger partial charge on any atom is 0.215 e. The third kappa shape index (κ3) is 3.62. The van der Waals surface area contributed by atoms with Crippen LogP contribution in [0.1, 0.15) is 11.3 Å². The zero-order valence-corrected chi connectivity index (χ0v) is 10.6. The van der Waals surface area contributed by atoms with Crippen LogP contribution in [0.2, 0.25) is 5.02 Å². The van der Waals surface area contributed by atoms with Crippen molar-refractivity contribution in [2.24, 2.45) is 0 Å². The van der Waals surface area contributed by atoms with E-state index in [1.54, 1.807) is 12.1 Å². The van der Waals surface area contributed by atoms with Crippen molar-refractivity contribution >= 4 is 23.2 Å². The molecule has 0 atom stereocenters. The number of nitrogens with zero attached hydrogens (tertiary/aromatic N) is 1. The molecule has 2 rings (SSSR count). The van der Waals surface area contributed by atoms with Crippen LogP contribution in [0, 0.1) is 0 Å². The molecule has 0 aliphatic rings. The van der Waals surface area contributed by atoms with Crippen LogP contribution in [0.15, 0.2) is 42.5 Å². The largest absolute Gasteiger partial charge is 0.473 e. The Morgan fingerprint density at radius 2 is 1.88 bits per heavy atom. The molecule has 0 aliphatic heterocycles. The highest BCUT2D eigenvalue weighted by Crippen LogP contribution is 2.19. The zero-order chi connectivity index (χ0) is 12.1. The van der Waals surface area contributed by atoms with E-state index in [0.29, 0.717) is 29.1 Å². The summed E-state index contributed by atoms with van der Waals surface area (Å²) in [5, 5.41) is 0.582. The molecule has 1 heterocycles. The van der Waals surface area contributed by atoms with Gasteiger partial charge >= 0.3 is 0 Å². The van der Waals surface area contributed by atoms with Crippen molar-refractivity contribution in [3.63, 3.8) is 0 Å². The maximum absolute atomic E-state index is 5.93. The fourth-order valence-corrected chi connectivity index (χ4v) is 1.75. The summed E-state index contributed by atoms with van der Waals surface area (Å²) in [7, 11) is 0. The fraction of sp³-hybridized carbons (Fsp3) is 0.154. The normalized spacial score (nSPS) is 10.2. The predicted molar refractivity (Wildman–Crippen MR) is 69.6 cm³/mol. The Bertz CT molecular complexity index is 488. The van der Waals surface area contributed by atoms with Gasteiger partial charge in [0.25, 0.3) is 0 Å². The van der Waals surface area contributed by atoms with E-state index in [1.165, 1.54) is 0 Å². The Hall–Kier alpha value is -1.25. The monoisotopic (exact) mass is 267 g/mol. The Morgan fingerprint density at radius 1 is 1.12 bits per heavy atom. The molecule has 0 saturated heterocycles. The van der Waals surface area contributed by atoms with E-state index < -0.39 is 0 Å². The first-order chi connectivity index (χ1) is 8.28. The summed E-state index contributed by atoms with van der Waals surface area (Å²) >= 11 is 11.6. The predicted octanol–water partition coefficient (Wildman–Crippen LogP) is 4.05. The van der Waals surface area contributed by atoms with E-state index in [4.69, 9.17) is 27.9 Å². The fourth-order valence-electron chi connectivity index (χ4n) is 1.40. The highest BCUT2D eigenvalue weighted by molar-refractivity contribution is 6.30. The number of ether oxygens (including phenoxy) is 1. The van der Waals surface area contributed by atoms with Gasteiger partial charge in [-0.25, -0.2) is 4.98 Å². The number of pyridine rings is 1. The number of halogens is 2. The third-order valence-corrected chi connectivity index (χ3v) is 2.68. The first kappa shape index (κ1) is 12.2. The second-order valence-electron chi connectivity index (χ2n) is 3.52. The minimum absolute atomic E-state index is 0.322. The lowest BCUT2D eigenvalue weighted by molar-refractivity contribution is 0.293. The molecule has 2 aromatic rings. The Labute approximate surface area is 110 Å². The van der Waals surface area contributed by atoms with Crippen LogP contribution in [-0.4, -0.2) is 4.98 Å². The highest BCUT2D eigenvalue weighted by atomic mass is 35.5. The summed E-state index contributed by atoms with van der Waals surface area (Å²) in [5.41, 5.74) is 1.80. The summed E-state index contributed by atoms with van der Waals surface area (Å²) in [4.78, 5) is 4.23. The molecule has 0 bridgehead atoms. The number of alkyl halides is 1. The molecule has 1 aromatic carbocycles. The number of hydrogen-bond acceptors (Lipinski definition) is 2. The number of hydrogen-bond donors (Lipinski definition) is 0. The van der Waals surface area contributed by atoms with E-state index in [2.05, 4.69) is 4.98 Å². The van der Waals surface area contributed by atoms with Crippen LogP contribution >= 0.6 is 23.2 Å². The van der Waals surface area contributed by atoms with E-state index >= 15 is 0 Å². The molecule has 0 radical (unpaired) electrons. The molecule has 0 fully saturated rings. The van der Waals surface area contributed by atoms with Gasteiger partial charge in [0.15, 0.2) is 0 Å². The van der Waals surface area contributed by atoms with Crippen LogP contribution in [0.4, 0.5) is 0 Å². The Balaban J connectivity index is 2.06. The van der Waals surface area contributed by atoms with Crippen molar-refractivity contribution < 1.29 is 4.74 Å². The van der Waals surface area contributed by atoms with E-state index in [9.17, 15) is 0 Å². The maximum atomic E-state index is 5.93. The molecule has 17 heavy (non-hydrogen) atoms. The van der Waals surface area contributed by atoms with Crippen molar-refractivity contribution in [1.29, 1.82) is 0 Å². The van der Waals surface area contributed by atoms with Crippen molar-refractivity contribution in [2.75, 3.05) is 0 Å².